The first-order valence-corrected chi connectivity index (χ1v) is 7.41. The third kappa shape index (κ3) is 2.48. The van der Waals surface area contributed by atoms with E-state index in [9.17, 15) is 4.79 Å². The number of rotatable bonds is 3. The quantitative estimate of drug-likeness (QED) is 0.818. The molecule has 19 heavy (non-hydrogen) atoms. The number of carbonyl (C=O) groups excluding carboxylic acids is 1. The maximum atomic E-state index is 11.9. The molecule has 1 fully saturated rings. The predicted octanol–water partition coefficient (Wildman–Crippen LogP) is 2.80. The highest BCUT2D eigenvalue weighted by molar-refractivity contribution is 7.14. The number of carbonyl (C=O) groups is 1. The topological polar surface area (TPSA) is 46.1 Å². The number of pyridine rings is 1. The van der Waals surface area contributed by atoms with Crippen LogP contribution in [0.4, 0.5) is 5.13 Å². The molecule has 1 atom stereocenters. The number of nitrogens with zero attached hydrogens (tertiary/aromatic N) is 3. The van der Waals surface area contributed by atoms with Gasteiger partial charge in [0.15, 0.2) is 5.13 Å². The van der Waals surface area contributed by atoms with E-state index in [0.717, 1.165) is 16.4 Å². The average Bonchev–Trinajstić information content (AvgIpc) is 3.06. The SMILES string of the molecule is O=C1CC(CCl)CN1c1nc(-c2cccnc2)cs1. The van der Waals surface area contributed by atoms with Gasteiger partial charge in [0, 0.05) is 42.2 Å². The van der Waals surface area contributed by atoms with E-state index in [1.54, 1.807) is 17.3 Å². The van der Waals surface area contributed by atoms with E-state index >= 15 is 0 Å². The maximum absolute atomic E-state index is 11.9. The molecule has 1 aliphatic rings. The Morgan fingerprint density at radius 2 is 2.42 bits per heavy atom. The van der Waals surface area contributed by atoms with E-state index in [1.165, 1.54) is 11.3 Å². The van der Waals surface area contributed by atoms with Crippen molar-refractivity contribution in [1.82, 2.24) is 9.97 Å². The molecular formula is C13H12ClN3OS. The van der Waals surface area contributed by atoms with Gasteiger partial charge in [0.05, 0.1) is 5.69 Å². The van der Waals surface area contributed by atoms with Gasteiger partial charge in [-0.2, -0.15) is 0 Å². The molecule has 6 heteroatoms. The summed E-state index contributed by atoms with van der Waals surface area (Å²) in [5, 5.41) is 2.70. The first-order chi connectivity index (χ1) is 9.28. The lowest BCUT2D eigenvalue weighted by molar-refractivity contribution is -0.117. The van der Waals surface area contributed by atoms with Crippen LogP contribution in [0, 0.1) is 5.92 Å². The van der Waals surface area contributed by atoms with Gasteiger partial charge < -0.3 is 0 Å². The van der Waals surface area contributed by atoms with E-state index in [1.807, 2.05) is 17.5 Å². The van der Waals surface area contributed by atoms with Gasteiger partial charge in [-0.25, -0.2) is 4.98 Å². The number of hydrogen-bond acceptors (Lipinski definition) is 4. The Labute approximate surface area is 120 Å². The van der Waals surface area contributed by atoms with Crippen LogP contribution in [0.5, 0.6) is 0 Å². The van der Waals surface area contributed by atoms with Crippen LogP contribution in [0.15, 0.2) is 29.9 Å². The highest BCUT2D eigenvalue weighted by Gasteiger charge is 2.31. The van der Waals surface area contributed by atoms with Gasteiger partial charge in [0.2, 0.25) is 5.91 Å². The minimum atomic E-state index is 0.109. The van der Waals surface area contributed by atoms with Crippen LogP contribution in [0.1, 0.15) is 6.42 Å². The molecule has 2 aromatic heterocycles. The summed E-state index contributed by atoms with van der Waals surface area (Å²) < 4.78 is 0. The van der Waals surface area contributed by atoms with Crippen LogP contribution in [0.25, 0.3) is 11.3 Å². The predicted molar refractivity (Wildman–Crippen MR) is 76.5 cm³/mol. The fourth-order valence-electron chi connectivity index (χ4n) is 2.10. The van der Waals surface area contributed by atoms with Crippen LogP contribution in [0.3, 0.4) is 0 Å². The zero-order valence-corrected chi connectivity index (χ0v) is 11.7. The molecule has 0 N–H and O–H groups in total. The summed E-state index contributed by atoms with van der Waals surface area (Å²) in [4.78, 5) is 22.2. The van der Waals surface area contributed by atoms with Crippen LogP contribution in [-0.2, 0) is 4.79 Å². The zero-order valence-electron chi connectivity index (χ0n) is 10.1. The number of amides is 1. The summed E-state index contributed by atoms with van der Waals surface area (Å²) in [6.07, 6.45) is 4.02. The molecule has 0 aromatic carbocycles. The Bertz CT molecular complexity index is 587. The average molecular weight is 294 g/mol. The summed E-state index contributed by atoms with van der Waals surface area (Å²) in [6, 6.07) is 3.83. The molecule has 0 aliphatic carbocycles. The number of anilines is 1. The van der Waals surface area contributed by atoms with Gasteiger partial charge in [0.25, 0.3) is 0 Å². The number of aromatic nitrogens is 2. The maximum Gasteiger partial charge on any atom is 0.229 e. The molecule has 3 rings (SSSR count). The molecule has 0 bridgehead atoms. The molecule has 1 saturated heterocycles. The number of alkyl halides is 1. The van der Waals surface area contributed by atoms with Crippen molar-refractivity contribution in [3.8, 4) is 11.3 Å². The smallest absolute Gasteiger partial charge is 0.229 e. The molecule has 0 radical (unpaired) electrons. The van der Waals surface area contributed by atoms with Gasteiger partial charge in [-0.3, -0.25) is 14.7 Å². The minimum absolute atomic E-state index is 0.109. The molecule has 0 spiro atoms. The van der Waals surface area contributed by atoms with Gasteiger partial charge >= 0.3 is 0 Å². The van der Waals surface area contributed by atoms with Crippen LogP contribution in [-0.4, -0.2) is 28.3 Å². The number of hydrogen-bond donors (Lipinski definition) is 0. The van der Waals surface area contributed by atoms with Crippen molar-refractivity contribution >= 4 is 34.0 Å². The van der Waals surface area contributed by atoms with Crippen LogP contribution < -0.4 is 4.90 Å². The van der Waals surface area contributed by atoms with Gasteiger partial charge in [-0.15, -0.1) is 22.9 Å². The Kier molecular flexibility index (Phi) is 3.48. The van der Waals surface area contributed by atoms with Crippen molar-refractivity contribution in [2.75, 3.05) is 17.3 Å². The highest BCUT2D eigenvalue weighted by Crippen LogP contribution is 2.31. The molecule has 3 heterocycles. The highest BCUT2D eigenvalue weighted by atomic mass is 35.5. The van der Waals surface area contributed by atoms with E-state index in [2.05, 4.69) is 9.97 Å². The minimum Gasteiger partial charge on any atom is -0.288 e. The van der Waals surface area contributed by atoms with E-state index in [-0.39, 0.29) is 11.8 Å². The molecule has 1 aliphatic heterocycles. The Hall–Kier alpha value is -1.46. The van der Waals surface area contributed by atoms with Crippen LogP contribution in [0.2, 0.25) is 0 Å². The normalized spacial score (nSPS) is 19.1. The Morgan fingerprint density at radius 1 is 1.53 bits per heavy atom. The van der Waals surface area contributed by atoms with Crippen molar-refractivity contribution in [2.24, 2.45) is 5.92 Å². The first-order valence-electron chi connectivity index (χ1n) is 6.00. The summed E-state index contributed by atoms with van der Waals surface area (Å²) in [5.41, 5.74) is 1.82. The van der Waals surface area contributed by atoms with Crippen molar-refractivity contribution < 1.29 is 4.79 Å². The molecule has 4 nitrogen and oxygen atoms in total. The number of thiazole rings is 1. The third-order valence-corrected chi connectivity index (χ3v) is 4.40. The standard InChI is InChI=1S/C13H12ClN3OS/c14-5-9-4-12(18)17(7-9)13-16-11(8-19-13)10-2-1-3-15-6-10/h1-3,6,8-9H,4-5,7H2. The second kappa shape index (κ2) is 5.27. The monoisotopic (exact) mass is 293 g/mol. The lowest BCUT2D eigenvalue weighted by atomic mass is 10.2. The summed E-state index contributed by atoms with van der Waals surface area (Å²) in [5.74, 6) is 0.862. The summed E-state index contributed by atoms with van der Waals surface area (Å²) in [6.45, 7) is 0.669. The van der Waals surface area contributed by atoms with Gasteiger partial charge in [0.1, 0.15) is 0 Å². The lowest BCUT2D eigenvalue weighted by Crippen LogP contribution is -2.24. The molecule has 1 unspecified atom stereocenters. The second-order valence-corrected chi connectivity index (χ2v) is 5.63. The largest absolute Gasteiger partial charge is 0.288 e. The molecule has 98 valence electrons. The van der Waals surface area contributed by atoms with Crippen LogP contribution >= 0.6 is 22.9 Å². The van der Waals surface area contributed by atoms with E-state index < -0.39 is 0 Å². The number of halogens is 1. The van der Waals surface area contributed by atoms with Gasteiger partial charge in [-0.05, 0) is 18.1 Å². The molecule has 1 amide bonds. The lowest BCUT2D eigenvalue weighted by Gasteiger charge is -2.11. The van der Waals surface area contributed by atoms with Crippen molar-refractivity contribution in [3.05, 3.63) is 29.9 Å². The molecular weight excluding hydrogens is 282 g/mol. The Morgan fingerprint density at radius 3 is 3.11 bits per heavy atom. The zero-order chi connectivity index (χ0) is 13.2. The Balaban J connectivity index is 1.84. The van der Waals surface area contributed by atoms with Crippen molar-refractivity contribution in [2.45, 2.75) is 6.42 Å². The van der Waals surface area contributed by atoms with Gasteiger partial charge in [-0.1, -0.05) is 0 Å². The van der Waals surface area contributed by atoms with E-state index in [0.29, 0.717) is 18.8 Å². The fourth-order valence-corrected chi connectivity index (χ4v) is 3.17. The third-order valence-electron chi connectivity index (χ3n) is 3.10. The van der Waals surface area contributed by atoms with Crippen molar-refractivity contribution in [1.29, 1.82) is 0 Å². The summed E-state index contributed by atoms with van der Waals surface area (Å²) >= 11 is 7.30. The van der Waals surface area contributed by atoms with E-state index in [4.69, 9.17) is 11.6 Å². The fraction of sp³-hybridized carbons (Fsp3) is 0.308. The molecule has 2 aromatic rings. The second-order valence-electron chi connectivity index (χ2n) is 4.49. The first kappa shape index (κ1) is 12.6. The summed E-state index contributed by atoms with van der Waals surface area (Å²) in [7, 11) is 0. The van der Waals surface area contributed by atoms with Crippen molar-refractivity contribution in [3.63, 3.8) is 0 Å². The molecule has 0 saturated carbocycles.